The fourth-order valence-corrected chi connectivity index (χ4v) is 1.74. The standard InChI is InChI=1S/C13H23N3O2/c1-17-8-3-6-16(7-9-18-2)11-13-10-12(14)4-5-15-13/h4-5,10H,3,6-9,11H2,1-2H3,(H2,14,15). The van der Waals surface area contributed by atoms with E-state index in [9.17, 15) is 0 Å². The molecule has 0 unspecified atom stereocenters. The van der Waals surface area contributed by atoms with Crippen LogP contribution in [0.5, 0.6) is 0 Å². The van der Waals surface area contributed by atoms with Crippen LogP contribution in [0.15, 0.2) is 18.3 Å². The predicted molar refractivity (Wildman–Crippen MR) is 72.3 cm³/mol. The van der Waals surface area contributed by atoms with E-state index in [-0.39, 0.29) is 0 Å². The van der Waals surface area contributed by atoms with Gasteiger partial charge in [0.25, 0.3) is 0 Å². The zero-order valence-electron chi connectivity index (χ0n) is 11.3. The van der Waals surface area contributed by atoms with Crippen molar-refractivity contribution in [3.63, 3.8) is 0 Å². The lowest BCUT2D eigenvalue weighted by Crippen LogP contribution is -2.29. The summed E-state index contributed by atoms with van der Waals surface area (Å²) in [4.78, 5) is 6.62. The highest BCUT2D eigenvalue weighted by Gasteiger charge is 2.06. The molecule has 0 radical (unpaired) electrons. The molecule has 0 aromatic carbocycles. The van der Waals surface area contributed by atoms with E-state index in [4.69, 9.17) is 15.2 Å². The molecule has 5 heteroatoms. The van der Waals surface area contributed by atoms with Gasteiger partial charge in [-0.2, -0.15) is 0 Å². The Morgan fingerprint density at radius 1 is 1.22 bits per heavy atom. The lowest BCUT2D eigenvalue weighted by Gasteiger charge is -2.21. The zero-order valence-corrected chi connectivity index (χ0v) is 11.3. The van der Waals surface area contributed by atoms with E-state index in [0.29, 0.717) is 0 Å². The fourth-order valence-electron chi connectivity index (χ4n) is 1.74. The molecule has 0 aliphatic heterocycles. The van der Waals surface area contributed by atoms with E-state index in [1.54, 1.807) is 26.5 Å². The van der Waals surface area contributed by atoms with E-state index < -0.39 is 0 Å². The molecular formula is C13H23N3O2. The molecule has 18 heavy (non-hydrogen) atoms. The summed E-state index contributed by atoms with van der Waals surface area (Å²) in [5.41, 5.74) is 7.50. The Bertz CT molecular complexity index is 334. The van der Waals surface area contributed by atoms with Crippen LogP contribution >= 0.6 is 0 Å². The number of nitrogens with two attached hydrogens (primary N) is 1. The lowest BCUT2D eigenvalue weighted by atomic mass is 10.3. The normalized spacial score (nSPS) is 11.1. The van der Waals surface area contributed by atoms with Gasteiger partial charge in [-0.15, -0.1) is 0 Å². The first-order valence-corrected chi connectivity index (χ1v) is 6.17. The Labute approximate surface area is 109 Å². The number of anilines is 1. The summed E-state index contributed by atoms with van der Waals surface area (Å²) in [5, 5.41) is 0. The highest BCUT2D eigenvalue weighted by Crippen LogP contribution is 2.07. The second-order valence-corrected chi connectivity index (χ2v) is 4.20. The SMILES string of the molecule is COCCCN(CCOC)Cc1cc(N)ccn1. The van der Waals surface area contributed by atoms with Crippen molar-refractivity contribution in [2.75, 3.05) is 46.3 Å². The van der Waals surface area contributed by atoms with Crippen LogP contribution in [0.3, 0.4) is 0 Å². The smallest absolute Gasteiger partial charge is 0.0589 e. The van der Waals surface area contributed by atoms with Gasteiger partial charge in [-0.1, -0.05) is 0 Å². The van der Waals surface area contributed by atoms with E-state index in [0.717, 1.165) is 50.7 Å². The summed E-state index contributed by atoms with van der Waals surface area (Å²) in [6.07, 6.45) is 2.75. The summed E-state index contributed by atoms with van der Waals surface area (Å²) in [6, 6.07) is 3.71. The van der Waals surface area contributed by atoms with Crippen LogP contribution in [0.2, 0.25) is 0 Å². The monoisotopic (exact) mass is 253 g/mol. The number of ether oxygens (including phenoxy) is 2. The largest absolute Gasteiger partial charge is 0.399 e. The van der Waals surface area contributed by atoms with Crippen LogP contribution in [0.25, 0.3) is 0 Å². The van der Waals surface area contributed by atoms with Gasteiger partial charge in [0.2, 0.25) is 0 Å². The van der Waals surface area contributed by atoms with E-state index in [2.05, 4.69) is 9.88 Å². The van der Waals surface area contributed by atoms with Crippen LogP contribution in [0.4, 0.5) is 5.69 Å². The van der Waals surface area contributed by atoms with Crippen LogP contribution in [0.1, 0.15) is 12.1 Å². The maximum Gasteiger partial charge on any atom is 0.0589 e. The van der Waals surface area contributed by atoms with Crippen molar-refractivity contribution in [3.8, 4) is 0 Å². The van der Waals surface area contributed by atoms with Crippen LogP contribution in [-0.2, 0) is 16.0 Å². The number of methoxy groups -OCH3 is 2. The van der Waals surface area contributed by atoms with E-state index in [1.807, 2.05) is 6.07 Å². The van der Waals surface area contributed by atoms with Crippen LogP contribution in [0, 0.1) is 0 Å². The number of aromatic nitrogens is 1. The third kappa shape index (κ3) is 5.95. The molecule has 1 aromatic heterocycles. The van der Waals surface area contributed by atoms with Gasteiger partial charge in [0, 0.05) is 52.3 Å². The summed E-state index contributed by atoms with van der Waals surface area (Å²) in [7, 11) is 3.44. The Balaban J connectivity index is 2.48. The number of pyridine rings is 1. The highest BCUT2D eigenvalue weighted by atomic mass is 16.5. The molecule has 0 bridgehead atoms. The molecule has 0 fully saturated rings. The minimum absolute atomic E-state index is 0.718. The molecule has 1 rings (SSSR count). The van der Waals surface area contributed by atoms with Gasteiger partial charge in [0.15, 0.2) is 0 Å². The Morgan fingerprint density at radius 3 is 2.67 bits per heavy atom. The maximum atomic E-state index is 5.75. The molecule has 1 heterocycles. The molecule has 0 atom stereocenters. The second-order valence-electron chi connectivity index (χ2n) is 4.20. The molecule has 0 aliphatic rings. The minimum Gasteiger partial charge on any atom is -0.399 e. The Kier molecular flexibility index (Phi) is 7.32. The summed E-state index contributed by atoms with van der Waals surface area (Å²) < 4.78 is 10.2. The first-order valence-electron chi connectivity index (χ1n) is 6.17. The van der Waals surface area contributed by atoms with Crippen molar-refractivity contribution in [1.82, 2.24) is 9.88 Å². The van der Waals surface area contributed by atoms with Crippen molar-refractivity contribution in [3.05, 3.63) is 24.0 Å². The average Bonchev–Trinajstić information content (AvgIpc) is 2.36. The number of nitrogens with zero attached hydrogens (tertiary/aromatic N) is 2. The van der Waals surface area contributed by atoms with Gasteiger partial charge in [-0.3, -0.25) is 9.88 Å². The van der Waals surface area contributed by atoms with Crippen molar-refractivity contribution in [1.29, 1.82) is 0 Å². The van der Waals surface area contributed by atoms with Crippen molar-refractivity contribution in [2.45, 2.75) is 13.0 Å². The van der Waals surface area contributed by atoms with E-state index >= 15 is 0 Å². The van der Waals surface area contributed by atoms with Crippen LogP contribution < -0.4 is 5.73 Å². The molecule has 5 nitrogen and oxygen atoms in total. The van der Waals surface area contributed by atoms with Gasteiger partial charge in [-0.05, 0) is 18.6 Å². The molecular weight excluding hydrogens is 230 g/mol. The third-order valence-corrected chi connectivity index (χ3v) is 2.66. The molecule has 102 valence electrons. The number of nitrogen functional groups attached to an aromatic ring is 1. The molecule has 2 N–H and O–H groups in total. The van der Waals surface area contributed by atoms with Gasteiger partial charge in [0.05, 0.1) is 12.3 Å². The minimum atomic E-state index is 0.718. The average molecular weight is 253 g/mol. The van der Waals surface area contributed by atoms with E-state index in [1.165, 1.54) is 0 Å². The Hall–Kier alpha value is -1.17. The topological polar surface area (TPSA) is 60.6 Å². The van der Waals surface area contributed by atoms with Crippen molar-refractivity contribution in [2.24, 2.45) is 0 Å². The molecule has 0 amide bonds. The van der Waals surface area contributed by atoms with Crippen molar-refractivity contribution >= 4 is 5.69 Å². The summed E-state index contributed by atoms with van der Waals surface area (Å²) in [6.45, 7) is 4.13. The number of rotatable bonds is 9. The summed E-state index contributed by atoms with van der Waals surface area (Å²) >= 11 is 0. The number of hydrogen-bond donors (Lipinski definition) is 1. The van der Waals surface area contributed by atoms with Crippen molar-refractivity contribution < 1.29 is 9.47 Å². The zero-order chi connectivity index (χ0) is 13.2. The Morgan fingerprint density at radius 2 is 2.00 bits per heavy atom. The lowest BCUT2D eigenvalue weighted by molar-refractivity contribution is 0.128. The van der Waals surface area contributed by atoms with Gasteiger partial charge in [0.1, 0.15) is 0 Å². The van der Waals surface area contributed by atoms with Crippen LogP contribution in [-0.4, -0.2) is 50.4 Å². The summed E-state index contributed by atoms with van der Waals surface area (Å²) in [5.74, 6) is 0. The number of hydrogen-bond acceptors (Lipinski definition) is 5. The van der Waals surface area contributed by atoms with Gasteiger partial charge < -0.3 is 15.2 Å². The molecule has 0 aliphatic carbocycles. The van der Waals surface area contributed by atoms with Gasteiger partial charge in [-0.25, -0.2) is 0 Å². The fraction of sp³-hybridized carbons (Fsp3) is 0.615. The molecule has 0 saturated heterocycles. The maximum absolute atomic E-state index is 5.75. The first-order chi connectivity index (χ1) is 8.76. The van der Waals surface area contributed by atoms with Gasteiger partial charge >= 0.3 is 0 Å². The predicted octanol–water partition coefficient (Wildman–Crippen LogP) is 1.15. The second kappa shape index (κ2) is 8.85. The molecule has 0 spiro atoms. The molecule has 1 aromatic rings. The third-order valence-electron chi connectivity index (χ3n) is 2.66. The first kappa shape index (κ1) is 14.9. The molecule has 0 saturated carbocycles. The highest BCUT2D eigenvalue weighted by molar-refractivity contribution is 5.37. The quantitative estimate of drug-likeness (QED) is 0.669.